The molecule has 24 heavy (non-hydrogen) atoms. The highest BCUT2D eigenvalue weighted by molar-refractivity contribution is 7.92. The van der Waals surface area contributed by atoms with E-state index in [9.17, 15) is 8.42 Å². The van der Waals surface area contributed by atoms with Crippen LogP contribution in [0.25, 0.3) is 0 Å². The summed E-state index contributed by atoms with van der Waals surface area (Å²) >= 11 is 0. The van der Waals surface area contributed by atoms with Gasteiger partial charge in [-0.25, -0.2) is 8.42 Å². The second-order valence-corrected chi connectivity index (χ2v) is 8.00. The van der Waals surface area contributed by atoms with Gasteiger partial charge in [0.25, 0.3) is 0 Å². The summed E-state index contributed by atoms with van der Waals surface area (Å²) < 4.78 is 32.0. The number of hydrogen-bond acceptors (Lipinski definition) is 3. The molecule has 0 aromatic heterocycles. The van der Waals surface area contributed by atoms with Crippen molar-refractivity contribution in [3.8, 4) is 0 Å². The van der Waals surface area contributed by atoms with Gasteiger partial charge < -0.3 is 4.74 Å². The largest absolute Gasteiger partial charge is 0.375 e. The van der Waals surface area contributed by atoms with E-state index in [0.717, 1.165) is 11.1 Å². The smallest absolute Gasteiger partial charge is 0.184 e. The van der Waals surface area contributed by atoms with Gasteiger partial charge in [-0.1, -0.05) is 54.1 Å². The van der Waals surface area contributed by atoms with E-state index in [4.69, 9.17) is 4.74 Å². The minimum absolute atomic E-state index is 0.333. The second kappa shape index (κ2) is 8.27. The molecule has 0 fully saturated rings. The van der Waals surface area contributed by atoms with Crippen molar-refractivity contribution >= 4 is 9.84 Å². The van der Waals surface area contributed by atoms with Crippen LogP contribution in [0, 0.1) is 6.92 Å². The number of sulfone groups is 1. The lowest BCUT2D eigenvalue weighted by Gasteiger charge is -2.26. The molecule has 0 aliphatic carbocycles. The maximum atomic E-state index is 13.2. The molecule has 0 heterocycles. The summed E-state index contributed by atoms with van der Waals surface area (Å²) in [6, 6.07) is 16.5. The van der Waals surface area contributed by atoms with Crippen molar-refractivity contribution in [1.82, 2.24) is 0 Å². The van der Waals surface area contributed by atoms with E-state index in [0.29, 0.717) is 17.7 Å². The number of benzene rings is 2. The monoisotopic (exact) mass is 344 g/mol. The zero-order chi connectivity index (χ0) is 17.6. The molecule has 0 radical (unpaired) electrons. The Morgan fingerprint density at radius 2 is 1.71 bits per heavy atom. The molecule has 2 unspecified atom stereocenters. The Hall–Kier alpha value is -1.91. The minimum Gasteiger partial charge on any atom is -0.375 e. The van der Waals surface area contributed by atoms with Crippen LogP contribution in [0.15, 0.2) is 72.1 Å². The van der Waals surface area contributed by atoms with Gasteiger partial charge in [-0.2, -0.15) is 0 Å². The van der Waals surface area contributed by atoms with Gasteiger partial charge in [0.05, 0.1) is 16.2 Å². The summed E-state index contributed by atoms with van der Waals surface area (Å²) in [4.78, 5) is 0.333. The maximum Gasteiger partial charge on any atom is 0.184 e. The van der Waals surface area contributed by atoms with Gasteiger partial charge in [0.2, 0.25) is 0 Å². The molecule has 0 spiro atoms. The van der Waals surface area contributed by atoms with E-state index in [2.05, 4.69) is 6.58 Å². The van der Waals surface area contributed by atoms with E-state index in [1.807, 2.05) is 49.4 Å². The van der Waals surface area contributed by atoms with Crippen molar-refractivity contribution in [3.05, 3.63) is 78.4 Å². The zero-order valence-electron chi connectivity index (χ0n) is 14.2. The highest BCUT2D eigenvalue weighted by atomic mass is 32.2. The number of hydrogen-bond donors (Lipinski definition) is 0. The second-order valence-electron chi connectivity index (χ2n) is 5.83. The van der Waals surface area contributed by atoms with Crippen molar-refractivity contribution < 1.29 is 13.2 Å². The van der Waals surface area contributed by atoms with Gasteiger partial charge in [-0.3, -0.25) is 0 Å². The van der Waals surface area contributed by atoms with Crippen LogP contribution in [0.1, 0.15) is 30.1 Å². The fourth-order valence-corrected chi connectivity index (χ4v) is 4.70. The fraction of sp³-hybridized carbons (Fsp3) is 0.300. The molecule has 2 aromatic rings. The predicted octanol–water partition coefficient (Wildman–Crippen LogP) is 4.49. The molecule has 4 heteroatoms. The lowest BCUT2D eigenvalue weighted by Crippen LogP contribution is -2.30. The number of ether oxygens (including phenoxy) is 1. The molecule has 0 amide bonds. The lowest BCUT2D eigenvalue weighted by molar-refractivity contribution is 0.0965. The first-order valence-corrected chi connectivity index (χ1v) is 9.54. The number of allylic oxidation sites excluding steroid dienone is 1. The van der Waals surface area contributed by atoms with Crippen LogP contribution >= 0.6 is 0 Å². The Morgan fingerprint density at radius 3 is 2.25 bits per heavy atom. The van der Waals surface area contributed by atoms with Gasteiger partial charge in [-0.15, -0.1) is 6.58 Å². The van der Waals surface area contributed by atoms with Crippen LogP contribution in [0.4, 0.5) is 0 Å². The van der Waals surface area contributed by atoms with Gasteiger partial charge >= 0.3 is 0 Å². The molecule has 0 saturated carbocycles. The van der Waals surface area contributed by atoms with E-state index in [1.165, 1.54) is 0 Å². The Balaban J connectivity index is 2.46. The lowest BCUT2D eigenvalue weighted by atomic mass is 10.0. The first kappa shape index (κ1) is 18.4. The highest BCUT2D eigenvalue weighted by Gasteiger charge is 2.35. The molecule has 0 aliphatic heterocycles. The van der Waals surface area contributed by atoms with Gasteiger partial charge in [0.15, 0.2) is 9.84 Å². The zero-order valence-corrected chi connectivity index (χ0v) is 15.0. The van der Waals surface area contributed by atoms with Crippen LogP contribution in [-0.4, -0.2) is 20.8 Å². The van der Waals surface area contributed by atoms with Crippen LogP contribution < -0.4 is 0 Å². The van der Waals surface area contributed by atoms with Crippen LogP contribution in [0.3, 0.4) is 0 Å². The number of rotatable bonds is 8. The summed E-state index contributed by atoms with van der Waals surface area (Å²) in [7, 11) is -1.96. The van der Waals surface area contributed by atoms with E-state index < -0.39 is 21.2 Å². The number of aryl methyl sites for hydroxylation is 1. The Bertz CT molecular complexity index is 749. The first-order valence-electron chi connectivity index (χ1n) is 8.00. The van der Waals surface area contributed by atoms with Crippen molar-refractivity contribution in [2.45, 2.75) is 36.0 Å². The third-order valence-corrected chi connectivity index (χ3v) is 6.33. The highest BCUT2D eigenvalue weighted by Crippen LogP contribution is 2.32. The van der Waals surface area contributed by atoms with Crippen LogP contribution in [0.2, 0.25) is 0 Å². The quantitative estimate of drug-likeness (QED) is 0.663. The SMILES string of the molecule is C=CCCC(C(OC)c1ccccc1)S(=O)(=O)c1ccc(C)cc1. The molecule has 2 aromatic carbocycles. The molecular formula is C20H24O3S. The molecule has 2 atom stereocenters. The summed E-state index contributed by atoms with van der Waals surface area (Å²) in [5, 5.41) is -0.661. The molecule has 2 rings (SSSR count). The predicted molar refractivity (Wildman–Crippen MR) is 97.8 cm³/mol. The summed E-state index contributed by atoms with van der Waals surface area (Å²) in [6.07, 6.45) is 2.31. The molecular weight excluding hydrogens is 320 g/mol. The van der Waals surface area contributed by atoms with E-state index in [-0.39, 0.29) is 0 Å². The third kappa shape index (κ3) is 4.13. The fourth-order valence-electron chi connectivity index (χ4n) is 2.80. The van der Waals surface area contributed by atoms with Gasteiger partial charge in [0.1, 0.15) is 0 Å². The van der Waals surface area contributed by atoms with Gasteiger partial charge in [-0.05, 0) is 37.5 Å². The maximum absolute atomic E-state index is 13.2. The molecule has 0 N–H and O–H groups in total. The molecule has 128 valence electrons. The van der Waals surface area contributed by atoms with Crippen molar-refractivity contribution in [3.63, 3.8) is 0 Å². The first-order chi connectivity index (χ1) is 11.5. The average Bonchev–Trinajstić information content (AvgIpc) is 2.59. The van der Waals surface area contributed by atoms with Crippen LogP contribution in [0.5, 0.6) is 0 Å². The summed E-state index contributed by atoms with van der Waals surface area (Å²) in [5.41, 5.74) is 1.90. The summed E-state index contributed by atoms with van der Waals surface area (Å²) in [6.45, 7) is 5.66. The van der Waals surface area contributed by atoms with E-state index >= 15 is 0 Å². The van der Waals surface area contributed by atoms with Crippen molar-refractivity contribution in [1.29, 1.82) is 0 Å². The average molecular weight is 344 g/mol. The normalized spacial score (nSPS) is 14.1. The topological polar surface area (TPSA) is 43.4 Å². The van der Waals surface area contributed by atoms with Crippen molar-refractivity contribution in [2.75, 3.05) is 7.11 Å². The Morgan fingerprint density at radius 1 is 1.08 bits per heavy atom. The number of methoxy groups -OCH3 is 1. The molecule has 3 nitrogen and oxygen atoms in total. The minimum atomic E-state index is -3.52. The van der Waals surface area contributed by atoms with Crippen LogP contribution in [-0.2, 0) is 14.6 Å². The summed E-state index contributed by atoms with van der Waals surface area (Å²) in [5.74, 6) is 0. The molecule has 0 bridgehead atoms. The Kier molecular flexibility index (Phi) is 6.35. The Labute approximate surface area is 144 Å². The van der Waals surface area contributed by atoms with E-state index in [1.54, 1.807) is 25.3 Å². The molecule has 0 aliphatic rings. The third-order valence-electron chi connectivity index (χ3n) is 4.12. The van der Waals surface area contributed by atoms with Crippen molar-refractivity contribution in [2.24, 2.45) is 0 Å². The standard InChI is InChI=1S/C20H24O3S/c1-4-5-11-19(20(23-3)17-9-7-6-8-10-17)24(21,22)18-14-12-16(2)13-15-18/h4,6-10,12-15,19-20H,1,5,11H2,2-3H3. The van der Waals surface area contributed by atoms with Gasteiger partial charge in [0, 0.05) is 7.11 Å². The molecule has 0 saturated heterocycles.